The van der Waals surface area contributed by atoms with Crippen molar-refractivity contribution in [1.29, 1.82) is 0 Å². The molecule has 0 spiro atoms. The number of amidine groups is 1. The van der Waals surface area contributed by atoms with Gasteiger partial charge in [0.15, 0.2) is 5.17 Å². The Balaban J connectivity index is 1.95. The van der Waals surface area contributed by atoms with Crippen LogP contribution in [0.25, 0.3) is 0 Å². The van der Waals surface area contributed by atoms with E-state index in [0.29, 0.717) is 15.7 Å². The molecule has 1 atom stereocenters. The van der Waals surface area contributed by atoms with E-state index < -0.39 is 0 Å². The van der Waals surface area contributed by atoms with Gasteiger partial charge in [0.1, 0.15) is 0 Å². The van der Waals surface area contributed by atoms with E-state index in [-0.39, 0.29) is 11.2 Å². The minimum atomic E-state index is -0.248. The van der Waals surface area contributed by atoms with E-state index >= 15 is 0 Å². The molecule has 19 heavy (non-hydrogen) atoms. The van der Waals surface area contributed by atoms with Crippen LogP contribution in [-0.2, 0) is 4.79 Å². The standard InChI is InChI=1S/C12H13Cl2N3OS/c1-7(19-12-15-2-3-16-12)11(18)17-10-5-8(13)4-9(14)6-10/h4-7H,2-3H2,1H3,(H,15,16)(H,17,18)/t7-/m0/s1. The molecule has 4 nitrogen and oxygen atoms in total. The van der Waals surface area contributed by atoms with Gasteiger partial charge in [0, 0.05) is 22.3 Å². The van der Waals surface area contributed by atoms with Gasteiger partial charge in [-0.25, -0.2) is 0 Å². The number of hydrogen-bond acceptors (Lipinski definition) is 4. The lowest BCUT2D eigenvalue weighted by Gasteiger charge is -2.12. The van der Waals surface area contributed by atoms with Crippen molar-refractivity contribution >= 4 is 51.7 Å². The minimum Gasteiger partial charge on any atom is -0.363 e. The molecule has 1 aliphatic rings. The first kappa shape index (κ1) is 14.5. The number of amides is 1. The minimum absolute atomic E-state index is 0.111. The van der Waals surface area contributed by atoms with Crippen LogP contribution in [0.3, 0.4) is 0 Å². The number of thioether (sulfide) groups is 1. The highest BCUT2D eigenvalue weighted by Crippen LogP contribution is 2.23. The van der Waals surface area contributed by atoms with Crippen molar-refractivity contribution in [3.05, 3.63) is 28.2 Å². The predicted molar refractivity (Wildman–Crippen MR) is 82.4 cm³/mol. The second kappa shape index (κ2) is 6.50. The van der Waals surface area contributed by atoms with E-state index in [9.17, 15) is 4.79 Å². The number of carbonyl (C=O) groups is 1. The van der Waals surface area contributed by atoms with E-state index in [0.717, 1.165) is 18.3 Å². The van der Waals surface area contributed by atoms with Crippen molar-refractivity contribution in [2.75, 3.05) is 18.4 Å². The summed E-state index contributed by atoms with van der Waals surface area (Å²) in [6, 6.07) is 4.94. The molecule has 0 saturated heterocycles. The number of carbonyl (C=O) groups excluding carboxylic acids is 1. The Hall–Kier alpha value is -0.910. The van der Waals surface area contributed by atoms with E-state index in [1.54, 1.807) is 18.2 Å². The van der Waals surface area contributed by atoms with Gasteiger partial charge >= 0.3 is 0 Å². The molecule has 1 aromatic carbocycles. The Kier molecular flexibility index (Phi) is 4.96. The summed E-state index contributed by atoms with van der Waals surface area (Å²) in [4.78, 5) is 16.3. The molecule has 0 aromatic heterocycles. The molecule has 0 radical (unpaired) electrons. The van der Waals surface area contributed by atoms with Crippen molar-refractivity contribution < 1.29 is 4.79 Å². The zero-order valence-corrected chi connectivity index (χ0v) is 12.6. The third kappa shape index (κ3) is 4.30. The lowest BCUT2D eigenvalue weighted by molar-refractivity contribution is -0.115. The van der Waals surface area contributed by atoms with E-state index in [1.807, 2.05) is 6.92 Å². The number of aliphatic imine (C=N–C) groups is 1. The van der Waals surface area contributed by atoms with Crippen molar-refractivity contribution in [2.24, 2.45) is 4.99 Å². The summed E-state index contributed by atoms with van der Waals surface area (Å²) in [6.07, 6.45) is 0. The number of halogens is 2. The van der Waals surface area contributed by atoms with E-state index in [1.165, 1.54) is 11.8 Å². The molecule has 1 aliphatic heterocycles. The highest BCUT2D eigenvalue weighted by Gasteiger charge is 2.18. The molecular weight excluding hydrogens is 305 g/mol. The zero-order valence-electron chi connectivity index (χ0n) is 10.2. The Morgan fingerprint density at radius 3 is 2.68 bits per heavy atom. The van der Waals surface area contributed by atoms with Gasteiger partial charge in [-0.3, -0.25) is 9.79 Å². The molecule has 0 saturated carbocycles. The lowest BCUT2D eigenvalue weighted by Crippen LogP contribution is -2.26. The second-order valence-corrected chi connectivity index (χ2v) is 6.22. The van der Waals surface area contributed by atoms with Gasteiger partial charge in [-0.05, 0) is 25.1 Å². The molecule has 1 heterocycles. The summed E-state index contributed by atoms with van der Waals surface area (Å²) in [5.74, 6) is -0.111. The number of nitrogens with zero attached hydrogens (tertiary/aromatic N) is 1. The van der Waals surface area contributed by atoms with Crippen molar-refractivity contribution in [3.8, 4) is 0 Å². The fraction of sp³-hybridized carbons (Fsp3) is 0.333. The highest BCUT2D eigenvalue weighted by molar-refractivity contribution is 8.14. The molecule has 2 rings (SSSR count). The molecule has 2 N–H and O–H groups in total. The lowest BCUT2D eigenvalue weighted by atomic mass is 10.3. The van der Waals surface area contributed by atoms with Crippen LogP contribution in [0, 0.1) is 0 Å². The summed E-state index contributed by atoms with van der Waals surface area (Å²) in [7, 11) is 0. The quantitative estimate of drug-likeness (QED) is 0.901. The molecule has 0 fully saturated rings. The van der Waals surface area contributed by atoms with Gasteiger partial charge in [0.05, 0.1) is 11.8 Å². The van der Waals surface area contributed by atoms with Crippen LogP contribution in [0.4, 0.5) is 5.69 Å². The van der Waals surface area contributed by atoms with Crippen LogP contribution in [0.2, 0.25) is 10.0 Å². The van der Waals surface area contributed by atoms with E-state index in [2.05, 4.69) is 15.6 Å². The number of hydrogen-bond donors (Lipinski definition) is 2. The summed E-state index contributed by atoms with van der Waals surface area (Å²) in [6.45, 7) is 3.43. The maximum absolute atomic E-state index is 12.0. The summed E-state index contributed by atoms with van der Waals surface area (Å²) < 4.78 is 0. The van der Waals surface area contributed by atoms with Gasteiger partial charge in [-0.1, -0.05) is 35.0 Å². The van der Waals surface area contributed by atoms with Crippen molar-refractivity contribution in [2.45, 2.75) is 12.2 Å². The van der Waals surface area contributed by atoms with Gasteiger partial charge in [-0.2, -0.15) is 0 Å². The zero-order chi connectivity index (χ0) is 13.8. The first-order valence-corrected chi connectivity index (χ1v) is 7.40. The molecule has 0 aliphatic carbocycles. The van der Waals surface area contributed by atoms with Gasteiger partial charge in [0.2, 0.25) is 5.91 Å². The van der Waals surface area contributed by atoms with Gasteiger partial charge < -0.3 is 10.6 Å². The second-order valence-electron chi connectivity index (χ2n) is 4.02. The van der Waals surface area contributed by atoms with Crippen molar-refractivity contribution in [1.82, 2.24) is 5.32 Å². The topological polar surface area (TPSA) is 53.5 Å². The molecule has 102 valence electrons. The van der Waals surface area contributed by atoms with Gasteiger partial charge in [-0.15, -0.1) is 0 Å². The van der Waals surface area contributed by atoms with Crippen LogP contribution in [0.1, 0.15) is 6.92 Å². The number of rotatable bonds is 3. The SMILES string of the molecule is C[C@H](SC1=NCCN1)C(=O)Nc1cc(Cl)cc(Cl)c1. The third-order valence-electron chi connectivity index (χ3n) is 2.43. The molecule has 1 amide bonds. The average Bonchev–Trinajstić information content (AvgIpc) is 2.80. The van der Waals surface area contributed by atoms with E-state index in [4.69, 9.17) is 23.2 Å². The third-order valence-corrected chi connectivity index (χ3v) is 3.93. The fourth-order valence-electron chi connectivity index (χ4n) is 1.55. The summed E-state index contributed by atoms with van der Waals surface area (Å²) in [5, 5.41) is 7.45. The maximum Gasteiger partial charge on any atom is 0.237 e. The molecule has 0 bridgehead atoms. The smallest absolute Gasteiger partial charge is 0.237 e. The first-order chi connectivity index (χ1) is 9.04. The molecule has 0 unspecified atom stereocenters. The normalized spacial score (nSPS) is 15.6. The van der Waals surface area contributed by atoms with Crippen LogP contribution in [0.15, 0.2) is 23.2 Å². The molecular formula is C12H13Cl2N3OS. The number of nitrogens with one attached hydrogen (secondary N) is 2. The van der Waals surface area contributed by atoms with Crippen LogP contribution in [-0.4, -0.2) is 29.4 Å². The van der Waals surface area contributed by atoms with Crippen LogP contribution >= 0.6 is 35.0 Å². The Bertz CT molecular complexity index is 501. The summed E-state index contributed by atoms with van der Waals surface area (Å²) in [5.41, 5.74) is 0.594. The Morgan fingerprint density at radius 1 is 1.42 bits per heavy atom. The highest BCUT2D eigenvalue weighted by atomic mass is 35.5. The molecule has 7 heteroatoms. The molecule has 1 aromatic rings. The monoisotopic (exact) mass is 317 g/mol. The van der Waals surface area contributed by atoms with Crippen LogP contribution in [0.5, 0.6) is 0 Å². The number of benzene rings is 1. The first-order valence-electron chi connectivity index (χ1n) is 5.76. The largest absolute Gasteiger partial charge is 0.363 e. The summed E-state index contributed by atoms with van der Waals surface area (Å²) >= 11 is 13.2. The predicted octanol–water partition coefficient (Wildman–Crippen LogP) is 3.01. The van der Waals surface area contributed by atoms with Crippen molar-refractivity contribution in [3.63, 3.8) is 0 Å². The fourth-order valence-corrected chi connectivity index (χ4v) is 2.92. The Morgan fingerprint density at radius 2 is 2.11 bits per heavy atom. The van der Waals surface area contributed by atoms with Gasteiger partial charge in [0.25, 0.3) is 0 Å². The maximum atomic E-state index is 12.0. The van der Waals surface area contributed by atoms with Crippen LogP contribution < -0.4 is 10.6 Å². The average molecular weight is 318 g/mol. The Labute approximate surface area is 126 Å². The number of anilines is 1.